The molecule has 1 N–H and O–H groups in total. The molecule has 0 aliphatic heterocycles. The standard InChI is InChI=1S/C19H20ClNO5S/c1-15(21-27(23,24)14-11-16-5-3-2-4-6-16)19(22)26-13-12-25-18-9-7-17(20)8-10-18/h2-11,14-15,21H,12-13H2,1H3/b14-11+/t15-/m0/s1. The number of hydrogen-bond donors (Lipinski definition) is 1. The summed E-state index contributed by atoms with van der Waals surface area (Å²) in [5.41, 5.74) is 0.734. The van der Waals surface area contributed by atoms with Crippen molar-refractivity contribution in [3.63, 3.8) is 0 Å². The number of sulfonamides is 1. The molecule has 0 aromatic heterocycles. The number of nitrogens with one attached hydrogen (secondary N) is 1. The van der Waals surface area contributed by atoms with E-state index in [0.717, 1.165) is 11.0 Å². The van der Waals surface area contributed by atoms with Crippen LogP contribution in [0.4, 0.5) is 0 Å². The molecule has 0 aliphatic rings. The Morgan fingerprint density at radius 2 is 1.78 bits per heavy atom. The molecule has 0 unspecified atom stereocenters. The van der Waals surface area contributed by atoms with E-state index in [9.17, 15) is 13.2 Å². The molecular weight excluding hydrogens is 390 g/mol. The molecule has 0 spiro atoms. The van der Waals surface area contributed by atoms with Gasteiger partial charge in [0, 0.05) is 10.4 Å². The summed E-state index contributed by atoms with van der Waals surface area (Å²) < 4.78 is 36.7. The number of carbonyl (C=O) groups is 1. The van der Waals surface area contributed by atoms with Gasteiger partial charge in [0.15, 0.2) is 0 Å². The first-order valence-electron chi connectivity index (χ1n) is 8.16. The van der Waals surface area contributed by atoms with Gasteiger partial charge in [-0.2, -0.15) is 4.72 Å². The highest BCUT2D eigenvalue weighted by Crippen LogP contribution is 2.15. The zero-order chi connectivity index (χ0) is 19.7. The van der Waals surface area contributed by atoms with Gasteiger partial charge in [0.1, 0.15) is 25.0 Å². The lowest BCUT2D eigenvalue weighted by atomic mass is 10.2. The molecule has 144 valence electrons. The summed E-state index contributed by atoms with van der Waals surface area (Å²) >= 11 is 5.77. The van der Waals surface area contributed by atoms with E-state index in [1.165, 1.54) is 13.0 Å². The summed E-state index contributed by atoms with van der Waals surface area (Å²) in [4.78, 5) is 11.9. The van der Waals surface area contributed by atoms with Gasteiger partial charge in [-0.15, -0.1) is 0 Å². The van der Waals surface area contributed by atoms with E-state index in [1.807, 2.05) is 6.07 Å². The lowest BCUT2D eigenvalue weighted by Crippen LogP contribution is -2.39. The van der Waals surface area contributed by atoms with Crippen LogP contribution >= 0.6 is 11.6 Å². The maximum atomic E-state index is 12.0. The molecule has 1 atom stereocenters. The van der Waals surface area contributed by atoms with E-state index < -0.39 is 22.0 Å². The van der Waals surface area contributed by atoms with E-state index >= 15 is 0 Å². The summed E-state index contributed by atoms with van der Waals surface area (Å²) in [6.07, 6.45) is 1.44. The fraction of sp³-hybridized carbons (Fsp3) is 0.211. The van der Waals surface area contributed by atoms with Crippen molar-refractivity contribution in [1.82, 2.24) is 4.72 Å². The third-order valence-electron chi connectivity index (χ3n) is 3.34. The Morgan fingerprint density at radius 1 is 1.11 bits per heavy atom. The molecule has 6 nitrogen and oxygen atoms in total. The second-order valence-corrected chi connectivity index (χ2v) is 7.60. The van der Waals surface area contributed by atoms with Crippen molar-refractivity contribution in [1.29, 1.82) is 0 Å². The molecule has 27 heavy (non-hydrogen) atoms. The molecule has 2 aromatic rings. The highest BCUT2D eigenvalue weighted by Gasteiger charge is 2.19. The zero-order valence-corrected chi connectivity index (χ0v) is 16.2. The number of esters is 1. The van der Waals surface area contributed by atoms with E-state index in [2.05, 4.69) is 4.72 Å². The monoisotopic (exact) mass is 409 g/mol. The SMILES string of the molecule is C[C@H](NS(=O)(=O)/C=C/c1ccccc1)C(=O)OCCOc1ccc(Cl)cc1. The van der Waals surface area contributed by atoms with Crippen LogP contribution in [0, 0.1) is 0 Å². The molecule has 2 aromatic carbocycles. The van der Waals surface area contributed by atoms with Gasteiger partial charge in [-0.25, -0.2) is 8.42 Å². The predicted octanol–water partition coefficient (Wildman–Crippen LogP) is 3.24. The summed E-state index contributed by atoms with van der Waals surface area (Å²) in [6.45, 7) is 1.55. The Hall–Kier alpha value is -2.35. The lowest BCUT2D eigenvalue weighted by Gasteiger charge is -2.12. The van der Waals surface area contributed by atoms with Crippen molar-refractivity contribution in [2.24, 2.45) is 0 Å². The molecule has 0 fully saturated rings. The van der Waals surface area contributed by atoms with E-state index in [1.54, 1.807) is 48.5 Å². The molecule has 0 amide bonds. The summed E-state index contributed by atoms with van der Waals surface area (Å²) in [7, 11) is -3.78. The van der Waals surface area contributed by atoms with Crippen LogP contribution in [0.3, 0.4) is 0 Å². The van der Waals surface area contributed by atoms with Crippen LogP contribution in [-0.4, -0.2) is 33.6 Å². The first-order valence-corrected chi connectivity index (χ1v) is 10.1. The maximum absolute atomic E-state index is 12.0. The van der Waals surface area contributed by atoms with Gasteiger partial charge in [0.25, 0.3) is 0 Å². The van der Waals surface area contributed by atoms with Gasteiger partial charge in [0.2, 0.25) is 10.0 Å². The van der Waals surface area contributed by atoms with Crippen molar-refractivity contribution in [3.05, 3.63) is 70.6 Å². The molecule has 0 heterocycles. The van der Waals surface area contributed by atoms with Crippen molar-refractivity contribution in [3.8, 4) is 5.75 Å². The third kappa shape index (κ3) is 7.82. The average molecular weight is 410 g/mol. The normalized spacial score (nSPS) is 12.7. The Bertz CT molecular complexity index is 867. The Kier molecular flexibility index (Phi) is 7.84. The van der Waals surface area contributed by atoms with E-state index in [4.69, 9.17) is 21.1 Å². The molecule has 8 heteroatoms. The quantitative estimate of drug-likeness (QED) is 0.508. The number of ether oxygens (including phenoxy) is 2. The number of carbonyl (C=O) groups excluding carboxylic acids is 1. The van der Waals surface area contributed by atoms with Crippen molar-refractivity contribution in [2.45, 2.75) is 13.0 Å². The number of halogens is 1. The Labute approximate surface area is 163 Å². The van der Waals surface area contributed by atoms with Crippen LogP contribution in [0.25, 0.3) is 6.08 Å². The van der Waals surface area contributed by atoms with E-state index in [0.29, 0.717) is 10.8 Å². The first kappa shape index (κ1) is 21.0. The zero-order valence-electron chi connectivity index (χ0n) is 14.7. The minimum Gasteiger partial charge on any atom is -0.490 e. The molecular formula is C19H20ClNO5S. The number of hydrogen-bond acceptors (Lipinski definition) is 5. The van der Waals surface area contributed by atoms with Gasteiger partial charge in [-0.1, -0.05) is 41.9 Å². The maximum Gasteiger partial charge on any atom is 0.324 e. The van der Waals surface area contributed by atoms with Gasteiger partial charge < -0.3 is 9.47 Å². The molecule has 0 bridgehead atoms. The van der Waals surface area contributed by atoms with Crippen molar-refractivity contribution in [2.75, 3.05) is 13.2 Å². The van der Waals surface area contributed by atoms with Crippen LogP contribution in [0.5, 0.6) is 5.75 Å². The minimum absolute atomic E-state index is 0.00657. The Morgan fingerprint density at radius 3 is 2.44 bits per heavy atom. The molecule has 0 saturated heterocycles. The smallest absolute Gasteiger partial charge is 0.324 e. The minimum atomic E-state index is -3.78. The van der Waals surface area contributed by atoms with Crippen LogP contribution in [0.15, 0.2) is 60.0 Å². The molecule has 0 radical (unpaired) electrons. The second-order valence-electron chi connectivity index (χ2n) is 5.57. The molecule has 0 aliphatic carbocycles. The van der Waals surface area contributed by atoms with E-state index in [-0.39, 0.29) is 13.2 Å². The number of rotatable bonds is 9. The first-order chi connectivity index (χ1) is 12.9. The second kappa shape index (κ2) is 10.1. The lowest BCUT2D eigenvalue weighted by molar-refractivity contribution is -0.145. The predicted molar refractivity (Wildman–Crippen MR) is 105 cm³/mol. The third-order valence-corrected chi connectivity index (χ3v) is 4.77. The van der Waals surface area contributed by atoms with Crippen LogP contribution in [0.2, 0.25) is 5.02 Å². The fourth-order valence-electron chi connectivity index (χ4n) is 2.02. The molecule has 2 rings (SSSR count). The topological polar surface area (TPSA) is 81.7 Å². The summed E-state index contributed by atoms with van der Waals surface area (Å²) in [5.74, 6) is -0.0957. The summed E-state index contributed by atoms with van der Waals surface area (Å²) in [5, 5.41) is 1.60. The van der Waals surface area contributed by atoms with Crippen LogP contribution in [0.1, 0.15) is 12.5 Å². The van der Waals surface area contributed by atoms with Gasteiger partial charge in [-0.3, -0.25) is 4.79 Å². The molecule has 0 saturated carbocycles. The number of benzene rings is 2. The fourth-order valence-corrected chi connectivity index (χ4v) is 3.15. The van der Waals surface area contributed by atoms with Crippen molar-refractivity contribution < 1.29 is 22.7 Å². The van der Waals surface area contributed by atoms with Crippen molar-refractivity contribution >= 4 is 33.7 Å². The Balaban J connectivity index is 1.75. The van der Waals surface area contributed by atoms with Gasteiger partial charge in [0.05, 0.1) is 0 Å². The highest BCUT2D eigenvalue weighted by atomic mass is 35.5. The average Bonchev–Trinajstić information content (AvgIpc) is 2.65. The summed E-state index contributed by atoms with van der Waals surface area (Å²) in [6, 6.07) is 14.7. The van der Waals surface area contributed by atoms with Crippen LogP contribution in [-0.2, 0) is 19.6 Å². The largest absolute Gasteiger partial charge is 0.490 e. The van der Waals surface area contributed by atoms with Crippen LogP contribution < -0.4 is 9.46 Å². The van der Waals surface area contributed by atoms with Gasteiger partial charge in [-0.05, 0) is 42.8 Å². The highest BCUT2D eigenvalue weighted by molar-refractivity contribution is 7.92. The van der Waals surface area contributed by atoms with Gasteiger partial charge >= 0.3 is 5.97 Å².